The van der Waals surface area contributed by atoms with Crippen molar-refractivity contribution < 1.29 is 129 Å². The zero-order chi connectivity index (χ0) is 18.4. The van der Waals surface area contributed by atoms with Crippen molar-refractivity contribution in [2.75, 3.05) is 11.5 Å². The molecule has 0 saturated carbocycles. The monoisotopic (exact) mass is 448 g/mol. The summed E-state index contributed by atoms with van der Waals surface area (Å²) in [6.07, 6.45) is 0. The van der Waals surface area contributed by atoms with E-state index in [1.807, 2.05) is 0 Å². The molecule has 2 aromatic rings. The summed E-state index contributed by atoms with van der Waals surface area (Å²) in [4.78, 5) is -1.12. The van der Waals surface area contributed by atoms with Crippen LogP contribution in [0.3, 0.4) is 0 Å². The Kier molecular flexibility index (Phi) is 10.2. The quantitative estimate of drug-likeness (QED) is 0.267. The third-order valence-corrected chi connectivity index (χ3v) is 5.34. The van der Waals surface area contributed by atoms with Crippen LogP contribution in [0, 0.1) is 13.8 Å². The van der Waals surface area contributed by atoms with Crippen LogP contribution in [-0.4, -0.2) is 25.9 Å². The van der Waals surface area contributed by atoms with E-state index < -0.39 is 30.0 Å². The number of rotatable bonds is 3. The van der Waals surface area contributed by atoms with Crippen molar-refractivity contribution in [3.8, 4) is 11.1 Å². The van der Waals surface area contributed by atoms with Crippen LogP contribution in [0.2, 0.25) is 0 Å². The van der Waals surface area contributed by atoms with Crippen LogP contribution in [-0.2, 0) is 20.2 Å². The average Bonchev–Trinajstić information content (AvgIpc) is 2.42. The van der Waals surface area contributed by atoms with Gasteiger partial charge in [-0.15, -0.1) is 0 Å². The van der Waals surface area contributed by atoms with E-state index in [4.69, 9.17) is 11.5 Å². The molecule has 8 nitrogen and oxygen atoms in total. The number of hydrogen-bond donors (Lipinski definition) is 2. The summed E-state index contributed by atoms with van der Waals surface area (Å²) in [7, 11) is -9.55. The Morgan fingerprint density at radius 2 is 0.962 bits per heavy atom. The molecule has 0 heterocycles. The van der Waals surface area contributed by atoms with Crippen LogP contribution in [0.1, 0.15) is 11.1 Å². The first-order chi connectivity index (χ1) is 10.8. The molecular weight excluding hydrogens is 434 g/mol. The van der Waals surface area contributed by atoms with Gasteiger partial charge in [-0.1, -0.05) is 0 Å². The van der Waals surface area contributed by atoms with Crippen molar-refractivity contribution in [2.45, 2.75) is 23.6 Å². The summed E-state index contributed by atoms with van der Waals surface area (Å²) in [5, 5.41) is 0. The molecule has 0 amide bonds. The smallest absolute Gasteiger partial charge is 0.744 e. The third-order valence-electron chi connectivity index (χ3n) is 3.71. The predicted octanol–water partition coefficient (Wildman–Crippen LogP) is -5.05. The molecule has 0 atom stereocenters. The fraction of sp³-hybridized carbons (Fsp3) is 0.143. The van der Waals surface area contributed by atoms with Crippen molar-refractivity contribution in [3.05, 3.63) is 35.4 Å². The molecule has 0 aliphatic carbocycles. The molecule has 0 aliphatic heterocycles. The number of nitrogens with two attached hydrogens (primary N) is 2. The maximum atomic E-state index is 11.3. The number of benzene rings is 2. The second-order valence-electron chi connectivity index (χ2n) is 5.28. The van der Waals surface area contributed by atoms with Gasteiger partial charge >= 0.3 is 103 Å². The van der Waals surface area contributed by atoms with Crippen LogP contribution < -0.4 is 114 Å². The molecule has 0 spiro atoms. The summed E-state index contributed by atoms with van der Waals surface area (Å²) in [5.41, 5.74) is 12.8. The molecule has 12 heteroatoms. The van der Waals surface area contributed by atoms with Gasteiger partial charge in [0, 0.05) is 11.4 Å². The molecule has 2 rings (SSSR count). The first kappa shape index (κ1) is 27.1. The van der Waals surface area contributed by atoms with Crippen LogP contribution in [0.4, 0.5) is 11.4 Å². The first-order valence-corrected chi connectivity index (χ1v) is 9.36. The van der Waals surface area contributed by atoms with E-state index in [0.717, 1.165) is 24.3 Å². The van der Waals surface area contributed by atoms with Crippen molar-refractivity contribution in [1.29, 1.82) is 0 Å². The van der Waals surface area contributed by atoms with E-state index in [2.05, 4.69) is 0 Å². The largest absolute Gasteiger partial charge is 1.00 e. The number of anilines is 2. The average molecular weight is 449 g/mol. The Bertz CT molecular complexity index is 968. The zero-order valence-corrected chi connectivity index (χ0v) is 22.6. The summed E-state index contributed by atoms with van der Waals surface area (Å²) in [6, 6.07) is 4.20. The summed E-state index contributed by atoms with van der Waals surface area (Å²) in [6.45, 7) is 3.14. The van der Waals surface area contributed by atoms with Gasteiger partial charge in [0.05, 0.1) is 9.79 Å². The van der Waals surface area contributed by atoms with E-state index >= 15 is 0 Å². The molecule has 0 saturated heterocycles. The molecular formula is C14H14K2N2O6S2. The second kappa shape index (κ2) is 9.76. The fourth-order valence-corrected chi connectivity index (χ4v) is 3.33. The minimum absolute atomic E-state index is 0. The van der Waals surface area contributed by atoms with E-state index in [-0.39, 0.29) is 125 Å². The first-order valence-electron chi connectivity index (χ1n) is 6.54. The Labute approximate surface area is 237 Å². The Morgan fingerprint density at radius 3 is 1.19 bits per heavy atom. The zero-order valence-electron chi connectivity index (χ0n) is 14.7. The number of nitrogen functional groups attached to an aromatic ring is 2. The van der Waals surface area contributed by atoms with Gasteiger partial charge in [-0.3, -0.25) is 0 Å². The van der Waals surface area contributed by atoms with E-state index in [0.29, 0.717) is 11.1 Å². The molecule has 0 aromatic heterocycles. The predicted molar refractivity (Wildman–Crippen MR) is 86.1 cm³/mol. The molecule has 0 fully saturated rings. The summed E-state index contributed by atoms with van der Waals surface area (Å²) >= 11 is 0. The van der Waals surface area contributed by atoms with Crippen LogP contribution >= 0.6 is 0 Å². The SMILES string of the molecule is Cc1c(N)cc(S(=O)(=O)[O-])cc1-c1cc(S(=O)(=O)[O-])cc(N)c1C.[K+].[K+]. The Balaban J connectivity index is 0.00000312. The van der Waals surface area contributed by atoms with E-state index in [1.54, 1.807) is 13.8 Å². The summed E-state index contributed by atoms with van der Waals surface area (Å²) < 4.78 is 67.7. The molecule has 0 radical (unpaired) electrons. The molecule has 0 unspecified atom stereocenters. The van der Waals surface area contributed by atoms with Gasteiger partial charge < -0.3 is 20.6 Å². The second-order valence-corrected chi connectivity index (χ2v) is 8.04. The Hall–Kier alpha value is 1.13. The van der Waals surface area contributed by atoms with Crippen molar-refractivity contribution in [2.24, 2.45) is 0 Å². The number of hydrogen-bond acceptors (Lipinski definition) is 8. The minimum Gasteiger partial charge on any atom is -0.744 e. The standard InChI is InChI=1S/C14H16N2O6S2.2K/c1-7-11(3-9(5-13(7)15)23(17,18)19)12-4-10(24(20,21)22)6-14(16)8(12)2;;/h3-6H,15-16H2,1-2H3,(H,17,18,19)(H,20,21,22);;/q;2*+1/p-2. The van der Waals surface area contributed by atoms with Crippen molar-refractivity contribution >= 4 is 31.6 Å². The minimum atomic E-state index is -4.78. The molecule has 0 aliphatic rings. The Morgan fingerprint density at radius 1 is 0.692 bits per heavy atom. The maximum Gasteiger partial charge on any atom is 1.00 e. The fourth-order valence-electron chi connectivity index (χ4n) is 2.27. The molecule has 26 heavy (non-hydrogen) atoms. The third kappa shape index (κ3) is 6.06. The van der Waals surface area contributed by atoms with Crippen LogP contribution in [0.25, 0.3) is 11.1 Å². The maximum absolute atomic E-state index is 11.3. The van der Waals surface area contributed by atoms with Gasteiger partial charge in [-0.05, 0) is 60.4 Å². The van der Waals surface area contributed by atoms with Gasteiger partial charge in [-0.25, -0.2) is 16.8 Å². The van der Waals surface area contributed by atoms with Gasteiger partial charge in [0.2, 0.25) is 0 Å². The topological polar surface area (TPSA) is 166 Å². The van der Waals surface area contributed by atoms with Gasteiger partial charge in [0.15, 0.2) is 0 Å². The van der Waals surface area contributed by atoms with Crippen LogP contribution in [0.5, 0.6) is 0 Å². The molecule has 2 aromatic carbocycles. The molecule has 130 valence electrons. The van der Waals surface area contributed by atoms with Crippen LogP contribution in [0.15, 0.2) is 34.1 Å². The normalized spacial score (nSPS) is 11.4. The van der Waals surface area contributed by atoms with Crippen molar-refractivity contribution in [1.82, 2.24) is 0 Å². The van der Waals surface area contributed by atoms with Gasteiger partial charge in [0.25, 0.3) is 0 Å². The molecule has 0 bridgehead atoms. The van der Waals surface area contributed by atoms with Gasteiger partial charge in [-0.2, -0.15) is 0 Å². The van der Waals surface area contributed by atoms with Gasteiger partial charge in [0.1, 0.15) is 20.2 Å². The van der Waals surface area contributed by atoms with Crippen molar-refractivity contribution in [3.63, 3.8) is 0 Å². The van der Waals surface area contributed by atoms with E-state index in [9.17, 15) is 25.9 Å². The molecule has 4 N–H and O–H groups in total. The summed E-state index contributed by atoms with van der Waals surface area (Å²) in [5.74, 6) is 0. The van der Waals surface area contributed by atoms with E-state index in [1.165, 1.54) is 0 Å².